The summed E-state index contributed by atoms with van der Waals surface area (Å²) in [7, 11) is 1.98. The normalized spacial score (nSPS) is 12.7. The molecule has 1 atom stereocenters. The second-order valence-electron chi connectivity index (χ2n) is 4.90. The van der Waals surface area contributed by atoms with Crippen LogP contribution >= 0.6 is 11.6 Å². The molecule has 0 unspecified atom stereocenters. The van der Waals surface area contributed by atoms with Gasteiger partial charge in [-0.3, -0.25) is 4.68 Å². The zero-order valence-electron chi connectivity index (χ0n) is 11.9. The summed E-state index contributed by atoms with van der Waals surface area (Å²) in [6.07, 6.45) is 0. The van der Waals surface area contributed by atoms with Crippen molar-refractivity contribution in [3.8, 4) is 0 Å². The molecule has 0 radical (unpaired) electrons. The molecule has 2 rings (SSSR count). The van der Waals surface area contributed by atoms with Gasteiger partial charge >= 0.3 is 0 Å². The van der Waals surface area contributed by atoms with E-state index in [1.54, 1.807) is 0 Å². The highest BCUT2D eigenvalue weighted by Crippen LogP contribution is 2.23. The van der Waals surface area contributed by atoms with Crippen molar-refractivity contribution in [1.29, 1.82) is 0 Å². The molecule has 0 fully saturated rings. The number of hydrogen-bond donors (Lipinski definition) is 1. The van der Waals surface area contributed by atoms with E-state index < -0.39 is 0 Å². The Bertz CT molecular complexity index is 575. The van der Waals surface area contributed by atoms with E-state index in [-0.39, 0.29) is 6.04 Å². The van der Waals surface area contributed by atoms with Crippen molar-refractivity contribution in [2.75, 3.05) is 0 Å². The van der Waals surface area contributed by atoms with E-state index in [4.69, 9.17) is 11.6 Å². The summed E-state index contributed by atoms with van der Waals surface area (Å²) < 4.78 is 1.92. The molecule has 102 valence electrons. The lowest BCUT2D eigenvalue weighted by Gasteiger charge is -2.15. The van der Waals surface area contributed by atoms with Crippen molar-refractivity contribution in [3.05, 3.63) is 51.8 Å². The molecule has 0 aliphatic heterocycles. The highest BCUT2D eigenvalue weighted by molar-refractivity contribution is 6.31. The van der Waals surface area contributed by atoms with E-state index in [0.29, 0.717) is 0 Å². The average molecular weight is 278 g/mol. The molecule has 0 saturated heterocycles. The van der Waals surface area contributed by atoms with Gasteiger partial charge in [0.05, 0.1) is 5.69 Å². The number of aromatic nitrogens is 2. The maximum absolute atomic E-state index is 6.21. The Kier molecular flexibility index (Phi) is 4.27. The lowest BCUT2D eigenvalue weighted by molar-refractivity contribution is 0.571. The highest BCUT2D eigenvalue weighted by Gasteiger charge is 2.12. The van der Waals surface area contributed by atoms with Gasteiger partial charge in [-0.05, 0) is 32.4 Å². The summed E-state index contributed by atoms with van der Waals surface area (Å²) in [6.45, 7) is 7.07. The summed E-state index contributed by atoms with van der Waals surface area (Å²) in [4.78, 5) is 0. The zero-order chi connectivity index (χ0) is 14.0. The second-order valence-corrected chi connectivity index (χ2v) is 5.30. The minimum absolute atomic E-state index is 0.215. The second kappa shape index (κ2) is 5.76. The maximum atomic E-state index is 6.21. The quantitative estimate of drug-likeness (QED) is 0.926. The SMILES string of the molecule is Cc1nn(C)c(C)c1CN[C@@H](C)c1ccccc1Cl. The van der Waals surface area contributed by atoms with Gasteiger partial charge in [-0.2, -0.15) is 5.10 Å². The molecule has 2 aromatic rings. The van der Waals surface area contributed by atoms with Gasteiger partial charge in [0.2, 0.25) is 0 Å². The van der Waals surface area contributed by atoms with Gasteiger partial charge in [0, 0.05) is 35.9 Å². The molecule has 4 heteroatoms. The largest absolute Gasteiger partial charge is 0.306 e. The summed E-state index contributed by atoms with van der Waals surface area (Å²) in [6, 6.07) is 8.17. The van der Waals surface area contributed by atoms with Crippen LogP contribution in [0.25, 0.3) is 0 Å². The first-order chi connectivity index (χ1) is 9.00. The lowest BCUT2D eigenvalue weighted by atomic mass is 10.1. The summed E-state index contributed by atoms with van der Waals surface area (Å²) in [5.41, 5.74) is 4.68. The predicted molar refractivity (Wildman–Crippen MR) is 79.4 cm³/mol. The van der Waals surface area contributed by atoms with Crippen molar-refractivity contribution in [2.45, 2.75) is 33.4 Å². The molecule has 0 bridgehead atoms. The standard InChI is InChI=1S/C15H20ClN3/c1-10(13-7-5-6-8-15(13)16)17-9-14-11(2)18-19(4)12(14)3/h5-8,10,17H,9H2,1-4H3/t10-/m0/s1. The Hall–Kier alpha value is -1.32. The molecular weight excluding hydrogens is 258 g/mol. The number of halogens is 1. The van der Waals surface area contributed by atoms with Crippen LogP contribution in [0.4, 0.5) is 0 Å². The van der Waals surface area contributed by atoms with E-state index in [1.165, 1.54) is 11.3 Å². The first-order valence-corrected chi connectivity index (χ1v) is 6.85. The van der Waals surface area contributed by atoms with Gasteiger partial charge in [0.25, 0.3) is 0 Å². The van der Waals surface area contributed by atoms with Gasteiger partial charge < -0.3 is 5.32 Å². The smallest absolute Gasteiger partial charge is 0.0641 e. The minimum atomic E-state index is 0.215. The van der Waals surface area contributed by atoms with Crippen molar-refractivity contribution in [1.82, 2.24) is 15.1 Å². The van der Waals surface area contributed by atoms with Crippen molar-refractivity contribution in [3.63, 3.8) is 0 Å². The van der Waals surface area contributed by atoms with Gasteiger partial charge in [0.15, 0.2) is 0 Å². The van der Waals surface area contributed by atoms with Crippen LogP contribution < -0.4 is 5.32 Å². The van der Waals surface area contributed by atoms with Crippen LogP contribution in [0.15, 0.2) is 24.3 Å². The Balaban J connectivity index is 2.09. The molecule has 19 heavy (non-hydrogen) atoms. The van der Waals surface area contributed by atoms with E-state index in [0.717, 1.165) is 22.8 Å². The molecule has 1 N–H and O–H groups in total. The molecule has 1 heterocycles. The molecule has 1 aromatic carbocycles. The molecule has 0 aliphatic rings. The average Bonchev–Trinajstić information content (AvgIpc) is 2.61. The molecule has 0 amide bonds. The van der Waals surface area contributed by atoms with Gasteiger partial charge in [-0.25, -0.2) is 0 Å². The van der Waals surface area contributed by atoms with Gasteiger partial charge in [-0.15, -0.1) is 0 Å². The number of benzene rings is 1. The minimum Gasteiger partial charge on any atom is -0.306 e. The Labute approximate surface area is 119 Å². The molecule has 0 spiro atoms. The fraction of sp³-hybridized carbons (Fsp3) is 0.400. The molecule has 3 nitrogen and oxygen atoms in total. The lowest BCUT2D eigenvalue weighted by Crippen LogP contribution is -2.19. The summed E-state index contributed by atoms with van der Waals surface area (Å²) in [5.74, 6) is 0. The maximum Gasteiger partial charge on any atom is 0.0641 e. The number of nitrogens with zero attached hydrogens (tertiary/aromatic N) is 2. The number of aryl methyl sites for hydroxylation is 2. The van der Waals surface area contributed by atoms with Crippen molar-refractivity contribution in [2.24, 2.45) is 7.05 Å². The Morgan fingerprint density at radius 1 is 1.32 bits per heavy atom. The number of hydrogen-bond acceptors (Lipinski definition) is 2. The third-order valence-electron chi connectivity index (χ3n) is 3.62. The third-order valence-corrected chi connectivity index (χ3v) is 3.96. The molecular formula is C15H20ClN3. The Morgan fingerprint density at radius 3 is 2.58 bits per heavy atom. The fourth-order valence-corrected chi connectivity index (χ4v) is 2.56. The van der Waals surface area contributed by atoms with Crippen LogP contribution in [0, 0.1) is 13.8 Å². The van der Waals surface area contributed by atoms with Crippen LogP contribution in [0.1, 0.15) is 35.5 Å². The van der Waals surface area contributed by atoms with E-state index in [2.05, 4.69) is 30.3 Å². The van der Waals surface area contributed by atoms with Crippen LogP contribution in [0.5, 0.6) is 0 Å². The Morgan fingerprint density at radius 2 is 2.00 bits per heavy atom. The molecule has 0 aliphatic carbocycles. The van der Waals surface area contributed by atoms with Crippen molar-refractivity contribution < 1.29 is 0 Å². The van der Waals surface area contributed by atoms with Crippen LogP contribution in [-0.2, 0) is 13.6 Å². The van der Waals surface area contributed by atoms with E-state index >= 15 is 0 Å². The van der Waals surface area contributed by atoms with Crippen LogP contribution in [0.3, 0.4) is 0 Å². The summed E-state index contributed by atoms with van der Waals surface area (Å²) in [5, 5.41) is 8.75. The highest BCUT2D eigenvalue weighted by atomic mass is 35.5. The molecule has 1 aromatic heterocycles. The van der Waals surface area contributed by atoms with Gasteiger partial charge in [-0.1, -0.05) is 29.8 Å². The topological polar surface area (TPSA) is 29.9 Å². The predicted octanol–water partition coefficient (Wildman–Crippen LogP) is 3.54. The monoisotopic (exact) mass is 277 g/mol. The van der Waals surface area contributed by atoms with Crippen LogP contribution in [0.2, 0.25) is 5.02 Å². The number of nitrogens with one attached hydrogen (secondary N) is 1. The third kappa shape index (κ3) is 2.99. The first-order valence-electron chi connectivity index (χ1n) is 6.47. The summed E-state index contributed by atoms with van der Waals surface area (Å²) >= 11 is 6.21. The zero-order valence-corrected chi connectivity index (χ0v) is 12.6. The molecule has 0 saturated carbocycles. The van der Waals surface area contributed by atoms with E-state index in [9.17, 15) is 0 Å². The first kappa shape index (κ1) is 14.1. The van der Waals surface area contributed by atoms with E-state index in [1.807, 2.05) is 36.9 Å². The van der Waals surface area contributed by atoms with Crippen LogP contribution in [-0.4, -0.2) is 9.78 Å². The van der Waals surface area contributed by atoms with Crippen molar-refractivity contribution >= 4 is 11.6 Å². The van der Waals surface area contributed by atoms with Gasteiger partial charge in [0.1, 0.15) is 0 Å². The fourth-order valence-electron chi connectivity index (χ4n) is 2.26. The number of rotatable bonds is 4.